The number of amidine groups is 1. The molecule has 0 aliphatic carbocycles. The quantitative estimate of drug-likeness (QED) is 0.207. The Morgan fingerprint density at radius 1 is 0.386 bits per heavy atom. The van der Waals surface area contributed by atoms with Crippen molar-refractivity contribution in [2.75, 3.05) is 0 Å². The van der Waals surface area contributed by atoms with Gasteiger partial charge >= 0.3 is 0 Å². The highest BCUT2D eigenvalue weighted by Gasteiger charge is 2.20. The van der Waals surface area contributed by atoms with Gasteiger partial charge in [0, 0.05) is 5.56 Å². The van der Waals surface area contributed by atoms with E-state index in [1.165, 1.54) is 49.4 Å². The summed E-state index contributed by atoms with van der Waals surface area (Å²) in [6.45, 7) is 0. The molecule has 0 saturated carbocycles. The minimum Gasteiger partial charge on any atom is -0.359 e. The van der Waals surface area contributed by atoms with E-state index in [0.717, 1.165) is 22.7 Å². The van der Waals surface area contributed by atoms with Crippen LogP contribution in [0.5, 0.6) is 0 Å². The van der Waals surface area contributed by atoms with E-state index >= 15 is 0 Å². The first-order valence-corrected chi connectivity index (χ1v) is 15.1. The lowest BCUT2D eigenvalue weighted by atomic mass is 9.86. The van der Waals surface area contributed by atoms with Gasteiger partial charge in [-0.15, -0.1) is 0 Å². The van der Waals surface area contributed by atoms with Crippen LogP contribution < -0.4 is 5.32 Å². The first-order chi connectivity index (χ1) is 21.8. The zero-order valence-corrected chi connectivity index (χ0v) is 24.2. The van der Waals surface area contributed by atoms with Crippen LogP contribution in [0.15, 0.2) is 175 Å². The van der Waals surface area contributed by atoms with Crippen molar-refractivity contribution in [3.63, 3.8) is 0 Å². The Bertz CT molecular complexity index is 2100. The van der Waals surface area contributed by atoms with E-state index in [9.17, 15) is 0 Å². The summed E-state index contributed by atoms with van der Waals surface area (Å²) in [7, 11) is 0. The maximum absolute atomic E-state index is 5.11. The summed E-state index contributed by atoms with van der Waals surface area (Å²) in [4.78, 5) is 5.11. The molecule has 7 aromatic carbocycles. The molecule has 2 nitrogen and oxygen atoms in total. The van der Waals surface area contributed by atoms with Gasteiger partial charge in [-0.3, -0.25) is 0 Å². The molecule has 8 rings (SSSR count). The first kappa shape index (κ1) is 25.9. The van der Waals surface area contributed by atoms with E-state index in [0.29, 0.717) is 0 Å². The molecule has 1 heterocycles. The molecule has 44 heavy (non-hydrogen) atoms. The number of nitrogens with one attached hydrogen (secondary N) is 1. The second-order valence-corrected chi connectivity index (χ2v) is 11.2. The van der Waals surface area contributed by atoms with Crippen LogP contribution in [0.25, 0.3) is 49.5 Å². The van der Waals surface area contributed by atoms with Crippen LogP contribution in [-0.4, -0.2) is 5.84 Å². The van der Waals surface area contributed by atoms with Gasteiger partial charge in [-0.1, -0.05) is 164 Å². The summed E-state index contributed by atoms with van der Waals surface area (Å²) in [5.41, 5.74) is 9.33. The van der Waals surface area contributed by atoms with Gasteiger partial charge in [-0.05, 0) is 61.0 Å². The van der Waals surface area contributed by atoms with E-state index < -0.39 is 0 Å². The lowest BCUT2D eigenvalue weighted by Gasteiger charge is -2.24. The van der Waals surface area contributed by atoms with Crippen LogP contribution in [0.1, 0.15) is 22.7 Å². The Balaban J connectivity index is 1.27. The largest absolute Gasteiger partial charge is 0.359 e. The van der Waals surface area contributed by atoms with Gasteiger partial charge in [0.15, 0.2) is 0 Å². The number of hydrogen-bond donors (Lipinski definition) is 1. The minimum atomic E-state index is 0.0250. The van der Waals surface area contributed by atoms with Crippen molar-refractivity contribution in [2.45, 2.75) is 6.04 Å². The topological polar surface area (TPSA) is 24.4 Å². The maximum atomic E-state index is 5.11. The van der Waals surface area contributed by atoms with Gasteiger partial charge in [-0.25, -0.2) is 4.99 Å². The van der Waals surface area contributed by atoms with Gasteiger partial charge in [0.05, 0.1) is 11.7 Å². The van der Waals surface area contributed by atoms with Crippen LogP contribution in [-0.2, 0) is 0 Å². The molecule has 0 fully saturated rings. The maximum Gasteiger partial charge on any atom is 0.134 e. The molecule has 7 aromatic rings. The molecule has 1 N–H and O–H groups in total. The number of rotatable bonds is 5. The molecule has 0 radical (unpaired) electrons. The number of fused-ring (bicyclic) bond motifs is 2. The molecule has 1 aliphatic heterocycles. The van der Waals surface area contributed by atoms with Gasteiger partial charge in [-0.2, -0.15) is 0 Å². The predicted octanol–water partition coefficient (Wildman–Crippen LogP) is 10.5. The van der Waals surface area contributed by atoms with Crippen LogP contribution in [0.4, 0.5) is 0 Å². The van der Waals surface area contributed by atoms with Crippen molar-refractivity contribution in [2.24, 2.45) is 4.99 Å². The van der Waals surface area contributed by atoms with Gasteiger partial charge in [0.25, 0.3) is 0 Å². The summed E-state index contributed by atoms with van der Waals surface area (Å²) in [5, 5.41) is 8.70. The molecule has 1 unspecified atom stereocenters. The summed E-state index contributed by atoms with van der Waals surface area (Å²) < 4.78 is 0. The van der Waals surface area contributed by atoms with Crippen molar-refractivity contribution in [3.8, 4) is 22.3 Å². The number of hydrogen-bond acceptors (Lipinski definition) is 2. The number of aliphatic imine (C=N–C) groups is 1. The Labute approximate surface area is 257 Å². The molecule has 1 aliphatic rings. The lowest BCUT2D eigenvalue weighted by Crippen LogP contribution is -2.31. The van der Waals surface area contributed by atoms with E-state index in [4.69, 9.17) is 4.99 Å². The van der Waals surface area contributed by atoms with Crippen molar-refractivity contribution < 1.29 is 0 Å². The van der Waals surface area contributed by atoms with Crippen LogP contribution in [0.2, 0.25) is 0 Å². The molecule has 0 spiro atoms. The fraction of sp³-hybridized carbons (Fsp3) is 0.0238. The molecular weight excluding hydrogens is 532 g/mol. The Hall–Kier alpha value is -5.73. The van der Waals surface area contributed by atoms with Crippen molar-refractivity contribution >= 4 is 33.1 Å². The van der Waals surface area contributed by atoms with Crippen LogP contribution >= 0.6 is 0 Å². The van der Waals surface area contributed by atoms with Gasteiger partial charge in [0.2, 0.25) is 0 Å². The average molecular weight is 563 g/mol. The smallest absolute Gasteiger partial charge is 0.134 e. The highest BCUT2D eigenvalue weighted by molar-refractivity contribution is 6.21. The van der Waals surface area contributed by atoms with Crippen LogP contribution in [0, 0.1) is 0 Å². The fourth-order valence-corrected chi connectivity index (χ4v) is 6.44. The summed E-state index contributed by atoms with van der Waals surface area (Å²) in [6.07, 6.45) is 2.23. The summed E-state index contributed by atoms with van der Waals surface area (Å²) in [6, 6.07) is 58.2. The van der Waals surface area contributed by atoms with Crippen molar-refractivity contribution in [3.05, 3.63) is 187 Å². The van der Waals surface area contributed by atoms with Crippen LogP contribution in [0.3, 0.4) is 0 Å². The van der Waals surface area contributed by atoms with E-state index in [1.54, 1.807) is 0 Å². The molecule has 1 atom stereocenters. The highest BCUT2D eigenvalue weighted by Crippen LogP contribution is 2.43. The Morgan fingerprint density at radius 3 is 1.32 bits per heavy atom. The standard InChI is InChI=1S/C42H30N2/c1-4-14-29(15-5-1)38-28-39(44-42(43-38)33-18-8-3-9-19-33)30-24-26-32(27-25-30)41-36-22-12-10-20-34(36)40(31-16-6-2-7-17-31)35-21-11-13-23-37(35)41/h1-28,38H,(H,43,44). The third-order valence-corrected chi connectivity index (χ3v) is 8.52. The average Bonchev–Trinajstić information content (AvgIpc) is 3.11. The van der Waals surface area contributed by atoms with Crippen molar-refractivity contribution in [1.82, 2.24) is 5.32 Å². The fourth-order valence-electron chi connectivity index (χ4n) is 6.44. The summed E-state index contributed by atoms with van der Waals surface area (Å²) >= 11 is 0. The third-order valence-electron chi connectivity index (χ3n) is 8.52. The van der Waals surface area contributed by atoms with E-state index in [-0.39, 0.29) is 6.04 Å². The Morgan fingerprint density at radius 2 is 0.795 bits per heavy atom. The zero-order valence-electron chi connectivity index (χ0n) is 24.2. The molecular formula is C42H30N2. The molecule has 0 bridgehead atoms. The molecule has 0 saturated heterocycles. The first-order valence-electron chi connectivity index (χ1n) is 15.1. The van der Waals surface area contributed by atoms with Crippen molar-refractivity contribution in [1.29, 1.82) is 0 Å². The predicted molar refractivity (Wildman–Crippen MR) is 186 cm³/mol. The van der Waals surface area contributed by atoms with E-state index in [1.807, 2.05) is 6.07 Å². The molecule has 208 valence electrons. The Kier molecular flexibility index (Phi) is 6.58. The molecule has 0 amide bonds. The molecule has 2 heteroatoms. The third kappa shape index (κ3) is 4.67. The second-order valence-electron chi connectivity index (χ2n) is 11.2. The summed E-state index contributed by atoms with van der Waals surface area (Å²) in [5.74, 6) is 0.884. The van der Waals surface area contributed by atoms with Gasteiger partial charge < -0.3 is 5.32 Å². The second kappa shape index (κ2) is 11.2. The number of nitrogens with zero attached hydrogens (tertiary/aromatic N) is 1. The SMILES string of the molecule is C1=C(c2ccc(-c3c4ccccc4c(-c4ccccc4)c4ccccc34)cc2)N=C(c2ccccc2)NC1c1ccccc1. The normalized spacial score (nSPS) is 14.6. The molecule has 0 aromatic heterocycles. The highest BCUT2D eigenvalue weighted by atomic mass is 15.0. The van der Waals surface area contributed by atoms with E-state index in [2.05, 4.69) is 169 Å². The zero-order chi connectivity index (χ0) is 29.3. The monoisotopic (exact) mass is 562 g/mol. The lowest BCUT2D eigenvalue weighted by molar-refractivity contribution is 0.781. The minimum absolute atomic E-state index is 0.0250. The number of benzene rings is 7. The van der Waals surface area contributed by atoms with Gasteiger partial charge in [0.1, 0.15) is 5.84 Å².